The summed E-state index contributed by atoms with van der Waals surface area (Å²) in [4.78, 5) is 123. The van der Waals surface area contributed by atoms with Crippen molar-refractivity contribution in [3.05, 3.63) is 192 Å². The molecular formula is C94H102Cl3F6N15O10. The number of ether oxygens (including phenoxy) is 3. The molecule has 34 heteroatoms. The predicted molar refractivity (Wildman–Crippen MR) is 483 cm³/mol. The molecule has 6 fully saturated rings. The standard InChI is InChI=1S/C32H36ClF2N5O3.C31H32ClF2N5O4.C31H34ClF2N5O3/c1-4-27(41)38-16-20(3)39(17-19(38)2)31-24-15-25(33)28(23-10-9-21(34)14-26(23)35)30-29(24)40(32(42)36-31)22(18-43-30)8-7-13-37-11-5-6-12-37;1-3-25(40)37-12-13-38(18(2)16-37)30-22-15-23(32)27(21-9-8-19(33)14-24(21)34)29-28(22)39(31(42)35-30)20(17-43-29)6-4-10-36-11-5-7-26(36)41;1-4-26(40)37-15-19(3)38(16-18(37)2)30-23-14-24(32)27(22-8-7-20(33)13-25(22)34)29-28(23)39(31(41)35-30)21(17-42-29)9-12-36-10-5-6-11-36/h4,9-10,14-15,19-20,22H,1,5-8,11-13,16-18H2,2-3H3;3,8-9,14-15,18,20H,1,4-7,10-13,16-17H2,2H3;4,7-8,13-14,18-19,21H,1,5-6,9-12,15-17H2,2-3H3/t19-,20+,22?;18-,20?;18-,19+,21?/m101/s1. The van der Waals surface area contributed by atoms with E-state index in [2.05, 4.69) is 44.5 Å². The van der Waals surface area contributed by atoms with E-state index in [0.29, 0.717) is 135 Å². The van der Waals surface area contributed by atoms with E-state index in [0.717, 1.165) is 95.8 Å². The van der Waals surface area contributed by atoms with E-state index in [4.69, 9.17) is 49.0 Å². The number of carbonyl (C=O) groups excluding carboxylic acids is 4. The first-order valence-corrected chi connectivity index (χ1v) is 45.1. The predicted octanol–water partition coefficient (Wildman–Crippen LogP) is 15.0. The van der Waals surface area contributed by atoms with Crippen molar-refractivity contribution >= 4 is 109 Å². The molecule has 9 aliphatic rings. The van der Waals surface area contributed by atoms with Crippen molar-refractivity contribution in [1.82, 2.24) is 58.1 Å². The maximum absolute atomic E-state index is 15.1. The molecule has 25 nitrogen and oxygen atoms in total. The largest absolute Gasteiger partial charge is 0.488 e. The fourth-order valence-electron chi connectivity index (χ4n) is 19.9. The first kappa shape index (κ1) is 90.4. The molecule has 128 heavy (non-hydrogen) atoms. The van der Waals surface area contributed by atoms with Crippen molar-refractivity contribution < 1.29 is 59.7 Å². The molecule has 3 aromatic heterocycles. The van der Waals surface area contributed by atoms with Crippen molar-refractivity contribution in [3.8, 4) is 50.6 Å². The minimum absolute atomic E-state index is 0.0524. The lowest BCUT2D eigenvalue weighted by Gasteiger charge is -2.45. The van der Waals surface area contributed by atoms with Crippen LogP contribution in [0.1, 0.15) is 123 Å². The SMILES string of the molecule is C=CC(=O)N1CCN(c2nc(=O)n3c4c(c(-c5ccc(F)cc5F)c(Cl)cc24)OCC3CCCN2CCCC2=O)[C@@H](C)C1.C=CC(=O)N1C[C@H](C)N(c2nc(=O)n3c4c(c(-c5ccc(F)cc5F)c(Cl)cc24)OCC3CCCN2CCCC2)C[C@H]1C.C=CC(=O)N1C[C@H](C)N(c2nc(=O)n3c4c(c(-c5ccc(F)cc5F)c(Cl)cc24)OCC3CCN2CCCC2)C[C@H]1C. The van der Waals surface area contributed by atoms with Gasteiger partial charge in [0.2, 0.25) is 23.6 Å². The third-order valence-electron chi connectivity index (χ3n) is 26.4. The van der Waals surface area contributed by atoms with E-state index in [-0.39, 0.29) is 157 Å². The summed E-state index contributed by atoms with van der Waals surface area (Å²) in [6.07, 6.45) is 13.6. The van der Waals surface area contributed by atoms with Gasteiger partial charge in [0.05, 0.1) is 49.7 Å². The van der Waals surface area contributed by atoms with Gasteiger partial charge in [-0.2, -0.15) is 15.0 Å². The van der Waals surface area contributed by atoms with Gasteiger partial charge in [-0.25, -0.2) is 40.7 Å². The second-order valence-electron chi connectivity index (χ2n) is 34.7. The molecule has 9 aromatic rings. The lowest BCUT2D eigenvalue weighted by Crippen LogP contribution is -2.58. The van der Waals surface area contributed by atoms with Crippen LogP contribution in [0.4, 0.5) is 43.8 Å². The molecule has 9 aliphatic heterocycles. The van der Waals surface area contributed by atoms with Crippen molar-refractivity contribution in [1.29, 1.82) is 0 Å². The summed E-state index contributed by atoms with van der Waals surface area (Å²) in [6.45, 7) is 31.4. The molecule has 6 saturated heterocycles. The average Bonchev–Trinajstić information content (AvgIpc) is 1.03. The molecule has 0 aliphatic carbocycles. The summed E-state index contributed by atoms with van der Waals surface area (Å²) < 4.78 is 111. The van der Waals surface area contributed by atoms with Crippen LogP contribution in [0.2, 0.25) is 15.1 Å². The molecule has 0 spiro atoms. The van der Waals surface area contributed by atoms with Gasteiger partial charge in [0.25, 0.3) is 0 Å². The summed E-state index contributed by atoms with van der Waals surface area (Å²) in [5.74, 6) is -2.75. The van der Waals surface area contributed by atoms with Crippen LogP contribution in [0.15, 0.2) is 125 Å². The van der Waals surface area contributed by atoms with Crippen molar-refractivity contribution in [2.24, 2.45) is 0 Å². The molecule has 0 saturated carbocycles. The Balaban J connectivity index is 0.000000141. The van der Waals surface area contributed by atoms with Gasteiger partial charge in [-0.3, -0.25) is 32.9 Å². The second-order valence-corrected chi connectivity index (χ2v) is 35.9. The summed E-state index contributed by atoms with van der Waals surface area (Å²) in [6, 6.07) is 13.2. The Bertz CT molecular complexity index is 6110. The van der Waals surface area contributed by atoms with Crippen LogP contribution in [0.25, 0.3) is 66.1 Å². The molecule has 18 rings (SSSR count). The van der Waals surface area contributed by atoms with Gasteiger partial charge in [-0.05, 0) is 204 Å². The van der Waals surface area contributed by atoms with Gasteiger partial charge in [-0.15, -0.1) is 0 Å². The summed E-state index contributed by atoms with van der Waals surface area (Å²) in [5.41, 5.74) is 1.10. The van der Waals surface area contributed by atoms with Crippen LogP contribution in [-0.4, -0.2) is 230 Å². The number of anilines is 3. The Kier molecular flexibility index (Phi) is 26.8. The molecule has 12 heterocycles. The number of piperazine rings is 3. The third kappa shape index (κ3) is 17.7. The smallest absolute Gasteiger partial charge is 0.350 e. The molecule has 6 aromatic carbocycles. The van der Waals surface area contributed by atoms with E-state index in [9.17, 15) is 46.7 Å². The molecular weight excluding hydrogens is 1720 g/mol. The number of benzene rings is 6. The van der Waals surface area contributed by atoms with E-state index in [1.807, 2.05) is 54.2 Å². The molecule has 676 valence electrons. The van der Waals surface area contributed by atoms with Gasteiger partial charge in [0, 0.05) is 170 Å². The Morgan fingerprint density at radius 3 is 1.16 bits per heavy atom. The zero-order valence-electron chi connectivity index (χ0n) is 72.1. The Labute approximate surface area is 751 Å². The van der Waals surface area contributed by atoms with Gasteiger partial charge < -0.3 is 58.3 Å². The first-order valence-electron chi connectivity index (χ1n) is 43.9. The van der Waals surface area contributed by atoms with Crippen LogP contribution in [0.3, 0.4) is 0 Å². The maximum atomic E-state index is 15.1. The van der Waals surface area contributed by atoms with Crippen LogP contribution in [0.5, 0.6) is 17.2 Å². The normalized spacial score (nSPS) is 21.6. The van der Waals surface area contributed by atoms with E-state index >= 15 is 13.2 Å². The maximum Gasteiger partial charge on any atom is 0.350 e. The molecule has 0 radical (unpaired) electrons. The molecule has 0 bridgehead atoms. The number of likely N-dealkylation sites (tertiary alicyclic amines) is 3. The number of nitrogens with zero attached hydrogens (tertiary/aromatic N) is 15. The minimum Gasteiger partial charge on any atom is -0.488 e. The number of amides is 4. The van der Waals surface area contributed by atoms with Crippen molar-refractivity contribution in [2.45, 2.75) is 154 Å². The van der Waals surface area contributed by atoms with Crippen LogP contribution in [-0.2, 0) is 19.2 Å². The van der Waals surface area contributed by atoms with E-state index < -0.39 is 52.0 Å². The van der Waals surface area contributed by atoms with E-state index in [1.165, 1.54) is 61.4 Å². The lowest BCUT2D eigenvalue weighted by molar-refractivity contribution is -0.129. The number of carbonyl (C=O) groups is 4. The topological polar surface area (TPSA) is 230 Å². The number of rotatable bonds is 20. The monoisotopic (exact) mass is 1820 g/mol. The second kappa shape index (κ2) is 38.0. The van der Waals surface area contributed by atoms with Gasteiger partial charge in [0.15, 0.2) is 17.2 Å². The van der Waals surface area contributed by atoms with Gasteiger partial charge in [0.1, 0.15) is 72.2 Å². The number of hydrogen-bond donors (Lipinski definition) is 0. The van der Waals surface area contributed by atoms with Gasteiger partial charge in [-0.1, -0.05) is 54.5 Å². The molecule has 8 atom stereocenters. The number of halogens is 9. The highest BCUT2D eigenvalue weighted by atomic mass is 35.5. The molecule has 0 N–H and O–H groups in total. The van der Waals surface area contributed by atoms with E-state index in [1.54, 1.807) is 46.6 Å². The lowest BCUT2D eigenvalue weighted by atomic mass is 9.98. The van der Waals surface area contributed by atoms with Crippen LogP contribution in [0, 0.1) is 34.9 Å². The summed E-state index contributed by atoms with van der Waals surface area (Å²) in [7, 11) is 0. The molecule has 3 unspecified atom stereocenters. The zero-order chi connectivity index (χ0) is 90.5. The fraction of sp³-hybridized carbons (Fsp3) is 0.447. The van der Waals surface area contributed by atoms with Crippen LogP contribution < -0.4 is 46.0 Å². The average molecular weight is 1820 g/mol. The fourth-order valence-corrected chi connectivity index (χ4v) is 20.8. The zero-order valence-corrected chi connectivity index (χ0v) is 74.4. The Morgan fingerprint density at radius 1 is 0.422 bits per heavy atom. The number of hydrogen-bond acceptors (Lipinski definition) is 18. The van der Waals surface area contributed by atoms with Crippen molar-refractivity contribution in [2.75, 3.05) is 133 Å². The highest BCUT2D eigenvalue weighted by Gasteiger charge is 2.42. The number of aromatic nitrogens is 6. The van der Waals surface area contributed by atoms with Crippen LogP contribution >= 0.6 is 34.8 Å². The summed E-state index contributed by atoms with van der Waals surface area (Å²) in [5, 5.41) is 2.34. The Hall–Kier alpha value is -11.0. The third-order valence-corrected chi connectivity index (χ3v) is 27.3. The highest BCUT2D eigenvalue weighted by molar-refractivity contribution is 6.36. The Morgan fingerprint density at radius 2 is 0.789 bits per heavy atom. The first-order chi connectivity index (χ1) is 61.5. The minimum atomic E-state index is -0.807. The molecule has 4 amide bonds. The highest BCUT2D eigenvalue weighted by Crippen LogP contribution is 2.52. The van der Waals surface area contributed by atoms with Gasteiger partial charge >= 0.3 is 17.1 Å². The summed E-state index contributed by atoms with van der Waals surface area (Å²) >= 11 is 20.5. The quantitative estimate of drug-likeness (QED) is 0.0510. The van der Waals surface area contributed by atoms with Crippen molar-refractivity contribution in [3.63, 3.8) is 0 Å².